The number of carbonyl (C=O) groups excluding carboxylic acids is 1. The SMILES string of the molecule is CCOC(=O)[C@H]1[C@@H]2CC[C@@H](NS(C)(=O)=O)[C@@H]21. The maximum atomic E-state index is 11.5. The fourth-order valence-electron chi connectivity index (χ4n) is 2.87. The van der Waals surface area contributed by atoms with Gasteiger partial charge in [-0.05, 0) is 31.6 Å². The van der Waals surface area contributed by atoms with Gasteiger partial charge in [-0.1, -0.05) is 0 Å². The molecule has 2 saturated carbocycles. The third-order valence-electron chi connectivity index (χ3n) is 3.43. The van der Waals surface area contributed by atoms with Gasteiger partial charge >= 0.3 is 5.97 Å². The van der Waals surface area contributed by atoms with Gasteiger partial charge in [0.2, 0.25) is 10.0 Å². The summed E-state index contributed by atoms with van der Waals surface area (Å²) < 4.78 is 29.8. The molecular formula is C10H17NO4S. The first kappa shape index (κ1) is 11.9. The molecule has 6 heteroatoms. The molecule has 0 amide bonds. The highest BCUT2D eigenvalue weighted by molar-refractivity contribution is 7.88. The van der Waals surface area contributed by atoms with Crippen LogP contribution in [-0.2, 0) is 19.6 Å². The van der Waals surface area contributed by atoms with Crippen molar-refractivity contribution in [2.45, 2.75) is 25.8 Å². The quantitative estimate of drug-likeness (QED) is 0.716. The van der Waals surface area contributed by atoms with Crippen LogP contribution < -0.4 is 4.72 Å². The molecule has 2 rings (SSSR count). The lowest BCUT2D eigenvalue weighted by atomic mass is 10.1. The van der Waals surface area contributed by atoms with E-state index in [4.69, 9.17) is 4.74 Å². The zero-order valence-corrected chi connectivity index (χ0v) is 10.3. The molecule has 2 aliphatic carbocycles. The fraction of sp³-hybridized carbons (Fsp3) is 0.900. The number of hydrogen-bond acceptors (Lipinski definition) is 4. The van der Waals surface area contributed by atoms with Crippen LogP contribution >= 0.6 is 0 Å². The second-order valence-corrected chi connectivity index (χ2v) is 6.37. The summed E-state index contributed by atoms with van der Waals surface area (Å²) in [6, 6.07) is -0.0746. The van der Waals surface area contributed by atoms with E-state index >= 15 is 0 Å². The van der Waals surface area contributed by atoms with Gasteiger partial charge in [0, 0.05) is 6.04 Å². The Bertz CT molecular complexity index is 392. The number of sulfonamides is 1. The van der Waals surface area contributed by atoms with E-state index in [1.807, 2.05) is 0 Å². The molecule has 4 atom stereocenters. The first-order valence-corrected chi connectivity index (χ1v) is 7.47. The second-order valence-electron chi connectivity index (χ2n) is 4.59. The van der Waals surface area contributed by atoms with Crippen LogP contribution in [0.2, 0.25) is 0 Å². The number of fused-ring (bicyclic) bond motifs is 1. The van der Waals surface area contributed by atoms with Crippen LogP contribution in [0, 0.1) is 17.8 Å². The Morgan fingerprint density at radius 1 is 1.44 bits per heavy atom. The van der Waals surface area contributed by atoms with Crippen molar-refractivity contribution < 1.29 is 17.9 Å². The molecule has 0 heterocycles. The van der Waals surface area contributed by atoms with Gasteiger partial charge in [-0.25, -0.2) is 13.1 Å². The lowest BCUT2D eigenvalue weighted by molar-refractivity contribution is -0.145. The average molecular weight is 247 g/mol. The zero-order chi connectivity index (χ0) is 11.9. The smallest absolute Gasteiger partial charge is 0.309 e. The Labute approximate surface area is 95.6 Å². The van der Waals surface area contributed by atoms with E-state index in [0.717, 1.165) is 19.1 Å². The van der Waals surface area contributed by atoms with Gasteiger partial charge in [-0.15, -0.1) is 0 Å². The molecule has 2 fully saturated rings. The number of rotatable bonds is 4. The van der Waals surface area contributed by atoms with Crippen molar-refractivity contribution in [3.8, 4) is 0 Å². The molecule has 0 unspecified atom stereocenters. The third kappa shape index (κ3) is 2.22. The van der Waals surface area contributed by atoms with Crippen LogP contribution in [0.5, 0.6) is 0 Å². The van der Waals surface area contributed by atoms with Gasteiger partial charge in [0.1, 0.15) is 0 Å². The van der Waals surface area contributed by atoms with Gasteiger partial charge in [-0.3, -0.25) is 4.79 Å². The molecular weight excluding hydrogens is 230 g/mol. The summed E-state index contributed by atoms with van der Waals surface area (Å²) in [5.41, 5.74) is 0. The van der Waals surface area contributed by atoms with E-state index in [1.165, 1.54) is 0 Å². The average Bonchev–Trinajstić information content (AvgIpc) is 2.74. The molecule has 16 heavy (non-hydrogen) atoms. The standard InChI is InChI=1S/C10H17NO4S/c1-3-15-10(12)9-6-4-5-7(8(6)9)11-16(2,13)14/h6-9,11H,3-5H2,1-2H3/t6-,7-,8-,9+/m1/s1. The lowest BCUT2D eigenvalue weighted by Gasteiger charge is -2.14. The van der Waals surface area contributed by atoms with E-state index in [-0.39, 0.29) is 23.8 Å². The van der Waals surface area contributed by atoms with Crippen LogP contribution in [0.3, 0.4) is 0 Å². The van der Waals surface area contributed by atoms with Crippen molar-refractivity contribution in [3.05, 3.63) is 0 Å². The van der Waals surface area contributed by atoms with E-state index in [9.17, 15) is 13.2 Å². The summed E-state index contributed by atoms with van der Waals surface area (Å²) in [7, 11) is -3.18. The van der Waals surface area contributed by atoms with Crippen molar-refractivity contribution in [1.82, 2.24) is 4.72 Å². The van der Waals surface area contributed by atoms with Crippen molar-refractivity contribution in [3.63, 3.8) is 0 Å². The number of hydrogen-bond donors (Lipinski definition) is 1. The van der Waals surface area contributed by atoms with E-state index in [2.05, 4.69) is 4.72 Å². The van der Waals surface area contributed by atoms with Crippen LogP contribution in [0.25, 0.3) is 0 Å². The van der Waals surface area contributed by atoms with Crippen LogP contribution in [0.15, 0.2) is 0 Å². The number of esters is 1. The molecule has 0 aromatic rings. The minimum atomic E-state index is -3.18. The van der Waals surface area contributed by atoms with E-state index in [0.29, 0.717) is 12.5 Å². The summed E-state index contributed by atoms with van der Waals surface area (Å²) in [5, 5.41) is 0. The van der Waals surface area contributed by atoms with E-state index < -0.39 is 10.0 Å². The molecule has 0 spiro atoms. The molecule has 0 aromatic carbocycles. The molecule has 92 valence electrons. The molecule has 5 nitrogen and oxygen atoms in total. The molecule has 0 saturated heterocycles. The van der Waals surface area contributed by atoms with Gasteiger partial charge < -0.3 is 4.74 Å². The van der Waals surface area contributed by atoms with Gasteiger partial charge in [0.15, 0.2) is 0 Å². The molecule has 2 aliphatic rings. The van der Waals surface area contributed by atoms with Gasteiger partial charge in [0.05, 0.1) is 18.8 Å². The normalized spacial score (nSPS) is 36.9. The Hall–Kier alpha value is -0.620. The summed E-state index contributed by atoms with van der Waals surface area (Å²) in [5.74, 6) is 0.248. The minimum absolute atomic E-state index is 0.0746. The van der Waals surface area contributed by atoms with E-state index in [1.54, 1.807) is 6.92 Å². The summed E-state index contributed by atoms with van der Waals surface area (Å²) >= 11 is 0. The van der Waals surface area contributed by atoms with Crippen LogP contribution in [0.4, 0.5) is 0 Å². The van der Waals surface area contributed by atoms with Crippen LogP contribution in [-0.4, -0.2) is 33.3 Å². The summed E-state index contributed by atoms with van der Waals surface area (Å²) in [6.45, 7) is 2.17. The maximum absolute atomic E-state index is 11.5. The fourth-order valence-corrected chi connectivity index (χ4v) is 3.69. The number of carbonyl (C=O) groups is 1. The van der Waals surface area contributed by atoms with Crippen molar-refractivity contribution in [1.29, 1.82) is 0 Å². The second kappa shape index (κ2) is 4.00. The molecule has 0 aromatic heterocycles. The highest BCUT2D eigenvalue weighted by Crippen LogP contribution is 2.58. The topological polar surface area (TPSA) is 72.5 Å². The summed E-state index contributed by atoms with van der Waals surface area (Å²) in [4.78, 5) is 11.5. The largest absolute Gasteiger partial charge is 0.466 e. The predicted molar refractivity (Wildman–Crippen MR) is 58.1 cm³/mol. The summed E-state index contributed by atoms with van der Waals surface area (Å²) in [6.07, 6.45) is 2.90. The predicted octanol–water partition coefficient (Wildman–Crippen LogP) is 0.123. The Morgan fingerprint density at radius 2 is 2.12 bits per heavy atom. The molecule has 1 N–H and O–H groups in total. The van der Waals surface area contributed by atoms with Crippen LogP contribution in [0.1, 0.15) is 19.8 Å². The molecule has 0 bridgehead atoms. The Kier molecular flexibility index (Phi) is 2.96. The minimum Gasteiger partial charge on any atom is -0.466 e. The highest BCUT2D eigenvalue weighted by Gasteiger charge is 2.62. The Morgan fingerprint density at radius 3 is 2.69 bits per heavy atom. The lowest BCUT2D eigenvalue weighted by Crippen LogP contribution is -2.35. The number of ether oxygens (including phenoxy) is 1. The molecule has 0 aliphatic heterocycles. The zero-order valence-electron chi connectivity index (χ0n) is 9.47. The number of nitrogens with one attached hydrogen (secondary N) is 1. The third-order valence-corrected chi connectivity index (χ3v) is 4.16. The Balaban J connectivity index is 1.95. The monoisotopic (exact) mass is 247 g/mol. The van der Waals surface area contributed by atoms with Crippen molar-refractivity contribution >= 4 is 16.0 Å². The first-order chi connectivity index (χ1) is 7.44. The molecule has 0 radical (unpaired) electrons. The van der Waals surface area contributed by atoms with Gasteiger partial charge in [-0.2, -0.15) is 0 Å². The van der Waals surface area contributed by atoms with Gasteiger partial charge in [0.25, 0.3) is 0 Å². The first-order valence-electron chi connectivity index (χ1n) is 5.58. The van der Waals surface area contributed by atoms with Crippen molar-refractivity contribution in [2.75, 3.05) is 12.9 Å². The maximum Gasteiger partial charge on any atom is 0.309 e. The van der Waals surface area contributed by atoms with Crippen molar-refractivity contribution in [2.24, 2.45) is 17.8 Å². The highest BCUT2D eigenvalue weighted by atomic mass is 32.2.